The lowest BCUT2D eigenvalue weighted by Gasteiger charge is -2.12. The minimum absolute atomic E-state index is 0.0255. The lowest BCUT2D eigenvalue weighted by atomic mass is 9.98. The molecule has 1 aliphatic heterocycles. The summed E-state index contributed by atoms with van der Waals surface area (Å²) in [6.07, 6.45) is 2.78. The van der Waals surface area contributed by atoms with E-state index in [2.05, 4.69) is 0 Å². The Labute approximate surface area is 151 Å². The number of ether oxygens (including phenoxy) is 2. The van der Waals surface area contributed by atoms with E-state index in [0.29, 0.717) is 28.9 Å². The summed E-state index contributed by atoms with van der Waals surface area (Å²) in [5.74, 6) is -1.21. The molecule has 1 aromatic carbocycles. The maximum Gasteiger partial charge on any atom is 0.339 e. The minimum Gasteiger partial charge on any atom is -0.507 e. The van der Waals surface area contributed by atoms with Gasteiger partial charge in [-0.2, -0.15) is 0 Å². The first-order chi connectivity index (χ1) is 12.2. The van der Waals surface area contributed by atoms with Crippen molar-refractivity contribution in [1.29, 1.82) is 0 Å². The lowest BCUT2D eigenvalue weighted by molar-refractivity contribution is -0.132. The maximum atomic E-state index is 11.6. The summed E-state index contributed by atoms with van der Waals surface area (Å²) in [6.45, 7) is 3.25. The highest BCUT2D eigenvalue weighted by atomic mass is 16.5. The molecule has 0 aliphatic carbocycles. The van der Waals surface area contributed by atoms with Gasteiger partial charge >= 0.3 is 11.9 Å². The molecule has 7 heteroatoms. The van der Waals surface area contributed by atoms with Crippen LogP contribution in [0.2, 0.25) is 0 Å². The number of hydrogen-bond acceptors (Lipinski definition) is 6. The van der Waals surface area contributed by atoms with E-state index in [0.717, 1.165) is 5.57 Å². The molecule has 1 atom stereocenters. The zero-order valence-corrected chi connectivity index (χ0v) is 14.9. The lowest BCUT2D eigenvalue weighted by Crippen LogP contribution is -2.07. The molecule has 0 spiro atoms. The van der Waals surface area contributed by atoms with Gasteiger partial charge in [0.2, 0.25) is 0 Å². The fourth-order valence-corrected chi connectivity index (χ4v) is 2.76. The van der Waals surface area contributed by atoms with Gasteiger partial charge in [0.05, 0.1) is 18.8 Å². The quantitative estimate of drug-likeness (QED) is 0.387. The number of hydrogen-bond donors (Lipinski definition) is 3. The average Bonchev–Trinajstić information content (AvgIpc) is 2.94. The summed E-state index contributed by atoms with van der Waals surface area (Å²) < 4.78 is 10.2. The van der Waals surface area contributed by atoms with E-state index in [9.17, 15) is 19.8 Å². The van der Waals surface area contributed by atoms with Crippen LogP contribution >= 0.6 is 0 Å². The van der Waals surface area contributed by atoms with Crippen LogP contribution in [0.3, 0.4) is 0 Å². The standard InChI is InChI=1S/C19H22O7/c1-10(6-12(20)7-11(2)18(22)23)4-5-13-16(25-3)8-14-15(17(13)21)9-26-19(14)24/h4,7-8,12,20-21H,5-6,9H2,1-3H3,(H,22,23). The molecular formula is C19H22O7. The maximum absolute atomic E-state index is 11.6. The second kappa shape index (κ2) is 8.05. The van der Waals surface area contributed by atoms with Crippen LogP contribution in [0.1, 0.15) is 41.8 Å². The number of esters is 1. The zero-order valence-electron chi connectivity index (χ0n) is 14.9. The fourth-order valence-electron chi connectivity index (χ4n) is 2.76. The molecule has 2 rings (SSSR count). The van der Waals surface area contributed by atoms with Crippen LogP contribution in [-0.2, 0) is 22.6 Å². The molecule has 0 radical (unpaired) electrons. The number of phenols is 1. The molecule has 1 aromatic rings. The largest absolute Gasteiger partial charge is 0.507 e. The highest BCUT2D eigenvalue weighted by molar-refractivity contribution is 5.95. The number of carbonyl (C=O) groups excluding carboxylic acids is 1. The summed E-state index contributed by atoms with van der Waals surface area (Å²) in [6, 6.07) is 1.55. The molecule has 0 bridgehead atoms. The number of rotatable bonds is 7. The molecule has 3 N–H and O–H groups in total. The second-order valence-electron chi connectivity index (χ2n) is 6.19. The molecule has 1 unspecified atom stereocenters. The molecule has 1 aliphatic rings. The zero-order chi connectivity index (χ0) is 19.4. The molecule has 140 valence electrons. The predicted octanol–water partition coefficient (Wildman–Crippen LogP) is 2.34. The molecule has 26 heavy (non-hydrogen) atoms. The number of benzene rings is 1. The minimum atomic E-state index is -1.07. The van der Waals surface area contributed by atoms with Crippen molar-refractivity contribution in [2.75, 3.05) is 7.11 Å². The summed E-state index contributed by atoms with van der Waals surface area (Å²) in [5.41, 5.74) is 2.16. The van der Waals surface area contributed by atoms with E-state index in [1.165, 1.54) is 20.1 Å². The third kappa shape index (κ3) is 4.23. The molecule has 0 saturated heterocycles. The van der Waals surface area contributed by atoms with E-state index in [4.69, 9.17) is 14.6 Å². The highest BCUT2D eigenvalue weighted by Gasteiger charge is 2.28. The first kappa shape index (κ1) is 19.5. The van der Waals surface area contributed by atoms with Gasteiger partial charge in [0.15, 0.2) is 0 Å². The highest BCUT2D eigenvalue weighted by Crippen LogP contribution is 2.38. The Bertz CT molecular complexity index is 790. The number of phenolic OH excluding ortho intramolecular Hbond substituents is 1. The Balaban J connectivity index is 2.18. The molecule has 7 nitrogen and oxygen atoms in total. The van der Waals surface area contributed by atoms with Crippen LogP contribution in [0, 0.1) is 0 Å². The third-order valence-corrected chi connectivity index (χ3v) is 4.22. The number of methoxy groups -OCH3 is 1. The van der Waals surface area contributed by atoms with Crippen molar-refractivity contribution in [3.8, 4) is 11.5 Å². The Morgan fingerprint density at radius 1 is 1.42 bits per heavy atom. The van der Waals surface area contributed by atoms with Crippen molar-refractivity contribution in [3.63, 3.8) is 0 Å². The van der Waals surface area contributed by atoms with E-state index in [1.54, 1.807) is 13.0 Å². The van der Waals surface area contributed by atoms with Gasteiger partial charge in [0.25, 0.3) is 0 Å². The monoisotopic (exact) mass is 362 g/mol. The van der Waals surface area contributed by atoms with Crippen molar-refractivity contribution >= 4 is 11.9 Å². The van der Waals surface area contributed by atoms with Crippen LogP contribution in [0.4, 0.5) is 0 Å². The van der Waals surface area contributed by atoms with Crippen molar-refractivity contribution in [2.24, 2.45) is 0 Å². The van der Waals surface area contributed by atoms with Gasteiger partial charge in [-0.05, 0) is 38.8 Å². The van der Waals surface area contributed by atoms with Crippen LogP contribution < -0.4 is 4.74 Å². The van der Waals surface area contributed by atoms with Gasteiger partial charge in [-0.25, -0.2) is 9.59 Å². The Morgan fingerprint density at radius 3 is 2.73 bits per heavy atom. The number of cyclic esters (lactones) is 1. The molecule has 1 heterocycles. The first-order valence-corrected chi connectivity index (χ1v) is 8.08. The van der Waals surface area contributed by atoms with Crippen molar-refractivity contribution in [2.45, 2.75) is 39.4 Å². The van der Waals surface area contributed by atoms with E-state index in [-0.39, 0.29) is 24.4 Å². The summed E-state index contributed by atoms with van der Waals surface area (Å²) in [7, 11) is 1.45. The number of aliphatic hydroxyl groups excluding tert-OH is 1. The van der Waals surface area contributed by atoms with Crippen molar-refractivity contribution < 1.29 is 34.4 Å². The Morgan fingerprint density at radius 2 is 2.12 bits per heavy atom. The normalized spacial score (nSPS) is 15.5. The van der Waals surface area contributed by atoms with Crippen molar-refractivity contribution in [3.05, 3.63) is 46.1 Å². The van der Waals surface area contributed by atoms with Crippen LogP contribution in [0.25, 0.3) is 0 Å². The van der Waals surface area contributed by atoms with Crippen LogP contribution in [0.15, 0.2) is 29.4 Å². The predicted molar refractivity (Wildman–Crippen MR) is 93.3 cm³/mol. The smallest absolute Gasteiger partial charge is 0.339 e. The van der Waals surface area contributed by atoms with Gasteiger partial charge < -0.3 is 24.8 Å². The SMILES string of the molecule is COc1cc2c(c(O)c1CC=C(C)CC(O)C=C(C)C(=O)O)COC2=O. The van der Waals surface area contributed by atoms with Crippen molar-refractivity contribution in [1.82, 2.24) is 0 Å². The number of aliphatic carboxylic acids is 1. The molecular weight excluding hydrogens is 340 g/mol. The number of carboxylic acid groups (broad SMARTS) is 1. The topological polar surface area (TPSA) is 113 Å². The van der Waals surface area contributed by atoms with E-state index >= 15 is 0 Å². The second-order valence-corrected chi connectivity index (χ2v) is 6.19. The number of carboxylic acids is 1. The van der Waals surface area contributed by atoms with Gasteiger partial charge in [0, 0.05) is 16.7 Å². The van der Waals surface area contributed by atoms with Gasteiger partial charge in [-0.1, -0.05) is 11.6 Å². The summed E-state index contributed by atoms with van der Waals surface area (Å²) >= 11 is 0. The molecule has 0 aromatic heterocycles. The fraction of sp³-hybridized carbons (Fsp3) is 0.368. The van der Waals surface area contributed by atoms with Gasteiger partial charge in [-0.3, -0.25) is 0 Å². The average molecular weight is 362 g/mol. The van der Waals surface area contributed by atoms with Gasteiger partial charge in [0.1, 0.15) is 18.1 Å². The van der Waals surface area contributed by atoms with E-state index in [1.807, 2.05) is 6.08 Å². The Hall–Kier alpha value is -2.80. The number of aromatic hydroxyl groups is 1. The molecule has 0 amide bonds. The van der Waals surface area contributed by atoms with Crippen LogP contribution in [-0.4, -0.2) is 40.5 Å². The summed E-state index contributed by atoms with van der Waals surface area (Å²) in [5, 5.41) is 29.2. The van der Waals surface area contributed by atoms with Gasteiger partial charge in [-0.15, -0.1) is 0 Å². The number of aliphatic hydroxyl groups is 1. The third-order valence-electron chi connectivity index (χ3n) is 4.22. The number of carbonyl (C=O) groups is 2. The van der Waals surface area contributed by atoms with E-state index < -0.39 is 18.0 Å². The molecule has 0 fully saturated rings. The first-order valence-electron chi connectivity index (χ1n) is 8.08. The Kier molecular flexibility index (Phi) is 6.05. The number of fused-ring (bicyclic) bond motifs is 1. The summed E-state index contributed by atoms with van der Waals surface area (Å²) in [4.78, 5) is 22.4. The van der Waals surface area contributed by atoms with Crippen LogP contribution in [0.5, 0.6) is 11.5 Å². The number of allylic oxidation sites excluding steroid dienone is 1. The molecule has 0 saturated carbocycles.